The predicted octanol–water partition coefficient (Wildman–Crippen LogP) is 1.87. The summed E-state index contributed by atoms with van der Waals surface area (Å²) in [6.45, 7) is 2.28. The number of aryl methyl sites for hydroxylation is 2. The van der Waals surface area contributed by atoms with Gasteiger partial charge in [-0.1, -0.05) is 0 Å². The van der Waals surface area contributed by atoms with E-state index in [9.17, 15) is 18.0 Å². The fourth-order valence-corrected chi connectivity index (χ4v) is 5.21. The van der Waals surface area contributed by atoms with Crippen LogP contribution in [0, 0.1) is 12.8 Å². The SMILES string of the molecule is Cc1cc(=O)oc2cc(NC(=O)[C@@H]3CCCN(S(=O)(=O)c4cnn(C)c4)C3)ccc12. The minimum Gasteiger partial charge on any atom is -0.423 e. The summed E-state index contributed by atoms with van der Waals surface area (Å²) in [6, 6.07) is 6.54. The maximum atomic E-state index is 12.8. The molecule has 10 heteroatoms. The second-order valence-corrected chi connectivity index (χ2v) is 9.44. The van der Waals surface area contributed by atoms with E-state index in [-0.39, 0.29) is 17.3 Å². The first-order chi connectivity index (χ1) is 14.2. The highest BCUT2D eigenvalue weighted by Crippen LogP contribution is 2.26. The van der Waals surface area contributed by atoms with Gasteiger partial charge in [-0.25, -0.2) is 13.2 Å². The van der Waals surface area contributed by atoms with E-state index in [0.29, 0.717) is 30.7 Å². The lowest BCUT2D eigenvalue weighted by Crippen LogP contribution is -2.43. The quantitative estimate of drug-likeness (QED) is 0.632. The van der Waals surface area contributed by atoms with Crippen LogP contribution in [0.5, 0.6) is 0 Å². The molecule has 1 aromatic carbocycles. The molecule has 0 spiro atoms. The van der Waals surface area contributed by atoms with E-state index in [4.69, 9.17) is 4.42 Å². The first kappa shape index (κ1) is 20.3. The van der Waals surface area contributed by atoms with Crippen molar-refractivity contribution in [1.82, 2.24) is 14.1 Å². The smallest absolute Gasteiger partial charge is 0.336 e. The van der Waals surface area contributed by atoms with E-state index in [0.717, 1.165) is 10.9 Å². The van der Waals surface area contributed by atoms with E-state index < -0.39 is 21.6 Å². The van der Waals surface area contributed by atoms with Gasteiger partial charge in [0.05, 0.1) is 12.1 Å². The van der Waals surface area contributed by atoms with Crippen LogP contribution in [-0.2, 0) is 21.9 Å². The van der Waals surface area contributed by atoms with Crippen molar-refractivity contribution in [3.8, 4) is 0 Å². The first-order valence-electron chi connectivity index (χ1n) is 9.58. The number of carbonyl (C=O) groups excluding carboxylic acids is 1. The number of nitrogens with one attached hydrogen (secondary N) is 1. The van der Waals surface area contributed by atoms with Gasteiger partial charge in [0, 0.05) is 49.5 Å². The fourth-order valence-electron chi connectivity index (χ4n) is 3.70. The number of amides is 1. The fraction of sp³-hybridized carbons (Fsp3) is 0.350. The summed E-state index contributed by atoms with van der Waals surface area (Å²) in [4.78, 5) is 24.5. The minimum atomic E-state index is -3.70. The lowest BCUT2D eigenvalue weighted by molar-refractivity contribution is -0.120. The zero-order chi connectivity index (χ0) is 21.5. The second kappa shape index (κ2) is 7.69. The van der Waals surface area contributed by atoms with Crippen molar-refractivity contribution in [2.24, 2.45) is 13.0 Å². The van der Waals surface area contributed by atoms with Crippen LogP contribution >= 0.6 is 0 Å². The third-order valence-corrected chi connectivity index (χ3v) is 7.11. The highest BCUT2D eigenvalue weighted by Gasteiger charge is 2.34. The molecular formula is C20H22N4O5S. The maximum Gasteiger partial charge on any atom is 0.336 e. The molecule has 1 amide bonds. The van der Waals surface area contributed by atoms with Gasteiger partial charge in [-0.15, -0.1) is 0 Å². The predicted molar refractivity (Wildman–Crippen MR) is 111 cm³/mol. The number of rotatable bonds is 4. The summed E-state index contributed by atoms with van der Waals surface area (Å²) in [7, 11) is -2.05. The molecule has 158 valence electrons. The molecule has 3 aromatic rings. The van der Waals surface area contributed by atoms with Crippen molar-refractivity contribution in [2.45, 2.75) is 24.7 Å². The molecule has 0 radical (unpaired) electrons. The Balaban J connectivity index is 1.51. The molecule has 3 heterocycles. The number of anilines is 1. The first-order valence-corrected chi connectivity index (χ1v) is 11.0. The molecule has 0 aliphatic carbocycles. The Hall–Kier alpha value is -2.98. The standard InChI is InChI=1S/C20H22N4O5S/c1-13-8-19(25)29-18-9-15(5-6-17(13)18)22-20(26)14-4-3-7-24(11-14)30(27,28)16-10-21-23(2)12-16/h5-6,8-10,12,14H,3-4,7,11H2,1-2H3,(H,22,26)/t14-/m1/s1. The highest BCUT2D eigenvalue weighted by molar-refractivity contribution is 7.89. The van der Waals surface area contributed by atoms with Crippen LogP contribution in [0.25, 0.3) is 11.0 Å². The summed E-state index contributed by atoms with van der Waals surface area (Å²) in [5.41, 5.74) is 1.23. The lowest BCUT2D eigenvalue weighted by Gasteiger charge is -2.30. The van der Waals surface area contributed by atoms with E-state index in [2.05, 4.69) is 10.4 Å². The molecule has 0 saturated carbocycles. The summed E-state index contributed by atoms with van der Waals surface area (Å²) < 4.78 is 33.7. The average molecular weight is 430 g/mol. The Bertz CT molecular complexity index is 1280. The molecule has 1 fully saturated rings. The van der Waals surface area contributed by atoms with Crippen molar-refractivity contribution in [2.75, 3.05) is 18.4 Å². The van der Waals surface area contributed by atoms with Crippen molar-refractivity contribution in [3.05, 3.63) is 52.6 Å². The number of benzene rings is 1. The number of piperidine rings is 1. The molecule has 4 rings (SSSR count). The van der Waals surface area contributed by atoms with Gasteiger partial charge in [0.2, 0.25) is 15.9 Å². The minimum absolute atomic E-state index is 0.102. The van der Waals surface area contributed by atoms with Crippen LogP contribution in [0.2, 0.25) is 0 Å². The van der Waals surface area contributed by atoms with Gasteiger partial charge in [-0.3, -0.25) is 9.48 Å². The van der Waals surface area contributed by atoms with Crippen molar-refractivity contribution >= 4 is 32.6 Å². The molecule has 0 bridgehead atoms. The van der Waals surface area contributed by atoms with E-state index in [1.54, 1.807) is 25.2 Å². The van der Waals surface area contributed by atoms with Crippen LogP contribution in [0.4, 0.5) is 5.69 Å². The van der Waals surface area contributed by atoms with Gasteiger partial charge in [-0.05, 0) is 37.5 Å². The largest absolute Gasteiger partial charge is 0.423 e. The zero-order valence-corrected chi connectivity index (χ0v) is 17.5. The number of aromatic nitrogens is 2. The lowest BCUT2D eigenvalue weighted by atomic mass is 9.98. The zero-order valence-electron chi connectivity index (χ0n) is 16.7. The van der Waals surface area contributed by atoms with Gasteiger partial charge in [0.15, 0.2) is 0 Å². The summed E-state index contributed by atoms with van der Waals surface area (Å²) in [5, 5.41) is 7.54. The maximum absolute atomic E-state index is 12.8. The van der Waals surface area contributed by atoms with E-state index in [1.165, 1.54) is 27.4 Å². The third-order valence-electron chi connectivity index (χ3n) is 5.29. The Morgan fingerprint density at radius 2 is 2.10 bits per heavy atom. The Kier molecular flexibility index (Phi) is 5.20. The average Bonchev–Trinajstić information content (AvgIpc) is 3.15. The second-order valence-electron chi connectivity index (χ2n) is 7.50. The van der Waals surface area contributed by atoms with Crippen LogP contribution in [0.15, 0.2) is 50.8 Å². The molecule has 1 aliphatic rings. The summed E-state index contributed by atoms with van der Waals surface area (Å²) >= 11 is 0. The normalized spacial score (nSPS) is 17.9. The third kappa shape index (κ3) is 3.88. The van der Waals surface area contributed by atoms with Crippen molar-refractivity contribution in [3.63, 3.8) is 0 Å². The highest BCUT2D eigenvalue weighted by atomic mass is 32.2. The molecule has 1 saturated heterocycles. The van der Waals surface area contributed by atoms with Crippen LogP contribution in [-0.4, -0.2) is 41.5 Å². The van der Waals surface area contributed by atoms with Crippen LogP contribution in [0.1, 0.15) is 18.4 Å². The summed E-state index contributed by atoms with van der Waals surface area (Å²) in [6.07, 6.45) is 3.93. The Morgan fingerprint density at radius 3 is 2.83 bits per heavy atom. The molecule has 2 aromatic heterocycles. The molecule has 1 atom stereocenters. The Morgan fingerprint density at radius 1 is 1.30 bits per heavy atom. The molecular weight excluding hydrogens is 408 g/mol. The van der Waals surface area contributed by atoms with Gasteiger partial charge in [0.1, 0.15) is 10.5 Å². The van der Waals surface area contributed by atoms with E-state index in [1.807, 2.05) is 6.92 Å². The molecule has 9 nitrogen and oxygen atoms in total. The monoisotopic (exact) mass is 430 g/mol. The summed E-state index contributed by atoms with van der Waals surface area (Å²) in [5.74, 6) is -0.749. The van der Waals surface area contributed by atoms with Crippen LogP contribution < -0.4 is 10.9 Å². The topological polar surface area (TPSA) is 115 Å². The molecule has 1 N–H and O–H groups in total. The number of sulfonamides is 1. The number of carbonyl (C=O) groups is 1. The van der Waals surface area contributed by atoms with Crippen LogP contribution in [0.3, 0.4) is 0 Å². The van der Waals surface area contributed by atoms with Gasteiger partial charge in [0.25, 0.3) is 0 Å². The van der Waals surface area contributed by atoms with Crippen molar-refractivity contribution in [1.29, 1.82) is 0 Å². The van der Waals surface area contributed by atoms with Crippen molar-refractivity contribution < 1.29 is 17.6 Å². The van der Waals surface area contributed by atoms with Gasteiger partial charge in [-0.2, -0.15) is 9.40 Å². The molecule has 0 unspecified atom stereocenters. The van der Waals surface area contributed by atoms with E-state index >= 15 is 0 Å². The van der Waals surface area contributed by atoms with Gasteiger partial charge >= 0.3 is 5.63 Å². The molecule has 1 aliphatic heterocycles. The Labute approximate surface area is 173 Å². The molecule has 30 heavy (non-hydrogen) atoms. The van der Waals surface area contributed by atoms with Gasteiger partial charge < -0.3 is 9.73 Å². The number of hydrogen-bond acceptors (Lipinski definition) is 6. The number of hydrogen-bond donors (Lipinski definition) is 1. The number of fused-ring (bicyclic) bond motifs is 1. The number of nitrogens with zero attached hydrogens (tertiary/aromatic N) is 3.